The van der Waals surface area contributed by atoms with Gasteiger partial charge in [-0.2, -0.15) is 5.10 Å². The Balaban J connectivity index is 1.67. The Kier molecular flexibility index (Phi) is 4.97. The van der Waals surface area contributed by atoms with Crippen LogP contribution in [-0.2, 0) is 23.2 Å². The molecule has 0 aliphatic heterocycles. The third kappa shape index (κ3) is 3.72. The Morgan fingerprint density at radius 2 is 1.92 bits per heavy atom. The summed E-state index contributed by atoms with van der Waals surface area (Å²) < 4.78 is 6.81. The second kappa shape index (κ2) is 7.35. The van der Waals surface area contributed by atoms with Gasteiger partial charge in [0.2, 0.25) is 0 Å². The lowest BCUT2D eigenvalue weighted by molar-refractivity contribution is -0.143. The van der Waals surface area contributed by atoms with E-state index in [0.29, 0.717) is 28.0 Å². The average Bonchev–Trinajstić information content (AvgIpc) is 2.92. The van der Waals surface area contributed by atoms with Crippen molar-refractivity contribution in [1.82, 2.24) is 20.1 Å². The molecule has 0 aliphatic carbocycles. The molecule has 0 fully saturated rings. The fourth-order valence-corrected chi connectivity index (χ4v) is 2.79. The number of carbonyl (C=O) groups is 2. The number of esters is 1. The van der Waals surface area contributed by atoms with Crippen molar-refractivity contribution in [3.63, 3.8) is 0 Å². The molecule has 0 spiro atoms. The number of pyridine rings is 1. The van der Waals surface area contributed by atoms with Crippen LogP contribution in [0.4, 0.5) is 0 Å². The fourth-order valence-electron chi connectivity index (χ4n) is 2.79. The van der Waals surface area contributed by atoms with Crippen LogP contribution in [-0.4, -0.2) is 33.2 Å². The van der Waals surface area contributed by atoms with E-state index in [1.807, 2.05) is 44.2 Å². The molecule has 0 saturated heterocycles. The largest absolute Gasteiger partial charge is 0.460 e. The van der Waals surface area contributed by atoms with Crippen molar-refractivity contribution in [2.75, 3.05) is 6.54 Å². The van der Waals surface area contributed by atoms with Crippen LogP contribution in [0.5, 0.6) is 0 Å². The zero-order valence-corrected chi connectivity index (χ0v) is 14.9. The topological polar surface area (TPSA) is 86.1 Å². The van der Waals surface area contributed by atoms with Gasteiger partial charge >= 0.3 is 5.97 Å². The molecule has 0 saturated carbocycles. The maximum absolute atomic E-state index is 12.6. The lowest BCUT2D eigenvalue weighted by Crippen LogP contribution is -2.30. The van der Waals surface area contributed by atoms with Crippen LogP contribution in [0.3, 0.4) is 0 Å². The molecule has 7 heteroatoms. The SMILES string of the molecule is Cc1cc(C(=O)NCC(=O)OCc2ccccc2)c2c(C)nn(C)c2n1. The van der Waals surface area contributed by atoms with Gasteiger partial charge in [-0.15, -0.1) is 0 Å². The molecule has 2 aromatic heterocycles. The number of aryl methyl sites for hydroxylation is 3. The van der Waals surface area contributed by atoms with E-state index >= 15 is 0 Å². The first-order chi connectivity index (χ1) is 12.5. The van der Waals surface area contributed by atoms with E-state index in [0.717, 1.165) is 5.56 Å². The number of rotatable bonds is 5. The van der Waals surface area contributed by atoms with Crippen molar-refractivity contribution >= 4 is 22.9 Å². The van der Waals surface area contributed by atoms with Gasteiger partial charge in [0.05, 0.1) is 16.6 Å². The summed E-state index contributed by atoms with van der Waals surface area (Å²) >= 11 is 0. The number of aromatic nitrogens is 3. The van der Waals surface area contributed by atoms with Gasteiger partial charge in [-0.05, 0) is 25.5 Å². The number of nitrogens with one attached hydrogen (secondary N) is 1. The molecular formula is C19H20N4O3. The highest BCUT2D eigenvalue weighted by atomic mass is 16.5. The first-order valence-electron chi connectivity index (χ1n) is 8.24. The lowest BCUT2D eigenvalue weighted by atomic mass is 10.1. The molecule has 0 unspecified atom stereocenters. The molecule has 2 heterocycles. The summed E-state index contributed by atoms with van der Waals surface area (Å²) in [4.78, 5) is 28.9. The molecule has 1 N–H and O–H groups in total. The van der Waals surface area contributed by atoms with Crippen molar-refractivity contribution in [3.05, 3.63) is 58.9 Å². The predicted octanol–water partition coefficient (Wildman–Crippen LogP) is 2.06. The van der Waals surface area contributed by atoms with Crippen LogP contribution in [0.15, 0.2) is 36.4 Å². The average molecular weight is 352 g/mol. The minimum atomic E-state index is -0.493. The van der Waals surface area contributed by atoms with Crippen LogP contribution in [0.1, 0.15) is 27.3 Å². The van der Waals surface area contributed by atoms with E-state index in [2.05, 4.69) is 15.4 Å². The van der Waals surface area contributed by atoms with Crippen molar-refractivity contribution in [1.29, 1.82) is 0 Å². The van der Waals surface area contributed by atoms with Gasteiger partial charge in [-0.1, -0.05) is 30.3 Å². The van der Waals surface area contributed by atoms with E-state index in [1.54, 1.807) is 17.8 Å². The van der Waals surface area contributed by atoms with Gasteiger partial charge in [-0.25, -0.2) is 4.98 Å². The van der Waals surface area contributed by atoms with Gasteiger partial charge in [0.15, 0.2) is 5.65 Å². The van der Waals surface area contributed by atoms with Gasteiger partial charge < -0.3 is 10.1 Å². The van der Waals surface area contributed by atoms with Crippen molar-refractivity contribution in [2.24, 2.45) is 7.05 Å². The highest BCUT2D eigenvalue weighted by Gasteiger charge is 2.18. The number of nitrogens with zero attached hydrogens (tertiary/aromatic N) is 3. The first kappa shape index (κ1) is 17.6. The molecule has 134 valence electrons. The standard InChI is InChI=1S/C19H20N4O3/c1-12-9-15(17-13(2)22-23(3)18(17)21-12)19(25)20-10-16(24)26-11-14-7-5-4-6-8-14/h4-9H,10-11H2,1-3H3,(H,20,25). The molecule has 26 heavy (non-hydrogen) atoms. The number of amides is 1. The lowest BCUT2D eigenvalue weighted by Gasteiger charge is -2.08. The maximum atomic E-state index is 12.6. The monoisotopic (exact) mass is 352 g/mol. The number of benzene rings is 1. The van der Waals surface area contributed by atoms with Crippen LogP contribution in [0.2, 0.25) is 0 Å². The van der Waals surface area contributed by atoms with E-state index < -0.39 is 5.97 Å². The Morgan fingerprint density at radius 3 is 2.65 bits per heavy atom. The normalized spacial score (nSPS) is 10.7. The first-order valence-corrected chi connectivity index (χ1v) is 8.24. The minimum Gasteiger partial charge on any atom is -0.460 e. The number of hydrogen-bond donors (Lipinski definition) is 1. The molecule has 0 atom stereocenters. The second-order valence-electron chi connectivity index (χ2n) is 6.05. The number of hydrogen-bond acceptors (Lipinski definition) is 5. The summed E-state index contributed by atoms with van der Waals surface area (Å²) in [6.45, 7) is 3.61. The molecule has 1 amide bonds. The smallest absolute Gasteiger partial charge is 0.325 e. The molecule has 3 aromatic rings. The van der Waals surface area contributed by atoms with Crippen LogP contribution >= 0.6 is 0 Å². The fraction of sp³-hybridized carbons (Fsp3) is 0.263. The molecule has 0 radical (unpaired) electrons. The third-order valence-corrected chi connectivity index (χ3v) is 3.98. The summed E-state index contributed by atoms with van der Waals surface area (Å²) in [6.07, 6.45) is 0. The van der Waals surface area contributed by atoms with E-state index in [-0.39, 0.29) is 19.1 Å². The summed E-state index contributed by atoms with van der Waals surface area (Å²) in [5, 5.41) is 7.62. The second-order valence-corrected chi connectivity index (χ2v) is 6.05. The van der Waals surface area contributed by atoms with E-state index in [4.69, 9.17) is 4.74 Å². The summed E-state index contributed by atoms with van der Waals surface area (Å²) in [5.41, 5.74) is 3.40. The minimum absolute atomic E-state index is 0.176. The maximum Gasteiger partial charge on any atom is 0.325 e. The molecular weight excluding hydrogens is 332 g/mol. The number of ether oxygens (including phenoxy) is 1. The summed E-state index contributed by atoms with van der Waals surface area (Å²) in [6, 6.07) is 11.1. The Hall–Kier alpha value is -3.22. The Bertz CT molecular complexity index is 964. The number of carbonyl (C=O) groups excluding carboxylic acids is 2. The summed E-state index contributed by atoms with van der Waals surface area (Å²) in [7, 11) is 1.78. The van der Waals surface area contributed by atoms with Gasteiger partial charge in [0.1, 0.15) is 13.2 Å². The van der Waals surface area contributed by atoms with E-state index in [9.17, 15) is 9.59 Å². The van der Waals surface area contributed by atoms with Crippen LogP contribution in [0.25, 0.3) is 11.0 Å². The zero-order chi connectivity index (χ0) is 18.7. The van der Waals surface area contributed by atoms with Crippen molar-refractivity contribution in [3.8, 4) is 0 Å². The predicted molar refractivity (Wildman–Crippen MR) is 96.6 cm³/mol. The van der Waals surface area contributed by atoms with Crippen molar-refractivity contribution in [2.45, 2.75) is 20.5 Å². The van der Waals surface area contributed by atoms with E-state index in [1.165, 1.54) is 0 Å². The molecule has 3 rings (SSSR count). The highest BCUT2D eigenvalue weighted by Crippen LogP contribution is 2.21. The molecule has 1 aromatic carbocycles. The molecule has 7 nitrogen and oxygen atoms in total. The zero-order valence-electron chi connectivity index (χ0n) is 14.9. The van der Waals surface area contributed by atoms with Gasteiger partial charge in [0, 0.05) is 12.7 Å². The molecule has 0 aliphatic rings. The van der Waals surface area contributed by atoms with Crippen molar-refractivity contribution < 1.29 is 14.3 Å². The quantitative estimate of drug-likeness (QED) is 0.710. The Labute approximate surface area is 151 Å². The highest BCUT2D eigenvalue weighted by molar-refractivity contribution is 6.07. The van der Waals surface area contributed by atoms with Gasteiger partial charge in [-0.3, -0.25) is 14.3 Å². The molecule has 0 bridgehead atoms. The summed E-state index contributed by atoms with van der Waals surface area (Å²) in [5.74, 6) is -0.847. The van der Waals surface area contributed by atoms with Crippen LogP contribution < -0.4 is 5.32 Å². The van der Waals surface area contributed by atoms with Crippen LogP contribution in [0, 0.1) is 13.8 Å². The number of fused-ring (bicyclic) bond motifs is 1. The van der Waals surface area contributed by atoms with Gasteiger partial charge in [0.25, 0.3) is 5.91 Å². The Morgan fingerprint density at radius 1 is 1.19 bits per heavy atom. The third-order valence-electron chi connectivity index (χ3n) is 3.98.